The quantitative estimate of drug-likeness (QED) is 0.704. The predicted octanol–water partition coefficient (Wildman–Crippen LogP) is -0.206. The van der Waals surface area contributed by atoms with Gasteiger partial charge in [-0.05, 0) is 12.1 Å². The molecule has 3 N–H and O–H groups in total. The van der Waals surface area contributed by atoms with Crippen molar-refractivity contribution >= 4 is 30.1 Å². The molecule has 1 unspecified atom stereocenters. The Kier molecular flexibility index (Phi) is 6.48. The number of methoxy groups -OCH3 is 1. The van der Waals surface area contributed by atoms with E-state index in [1.807, 2.05) is 0 Å². The molecule has 22 heavy (non-hydrogen) atoms. The predicted molar refractivity (Wildman–Crippen MR) is 81.9 cm³/mol. The van der Waals surface area contributed by atoms with Gasteiger partial charge in [0, 0.05) is 20.2 Å². The van der Waals surface area contributed by atoms with Gasteiger partial charge in [-0.1, -0.05) is 12.1 Å². The van der Waals surface area contributed by atoms with E-state index in [4.69, 9.17) is 10.5 Å². The minimum absolute atomic E-state index is 0. The van der Waals surface area contributed by atoms with E-state index in [0.717, 1.165) is 4.90 Å². The number of ether oxygens (including phenoxy) is 1. The summed E-state index contributed by atoms with van der Waals surface area (Å²) in [6.45, 7) is 0.373. The average molecular weight is 328 g/mol. The Hall–Kier alpha value is -1.96. The summed E-state index contributed by atoms with van der Waals surface area (Å²) in [4.78, 5) is 36.8. The molecule has 1 atom stereocenters. The number of hydrogen-bond acceptors (Lipinski definition) is 5. The van der Waals surface area contributed by atoms with E-state index in [2.05, 4.69) is 5.32 Å². The maximum atomic E-state index is 12.1. The molecule has 7 nitrogen and oxygen atoms in total. The van der Waals surface area contributed by atoms with Crippen LogP contribution in [0.2, 0.25) is 0 Å². The molecule has 1 aliphatic heterocycles. The minimum Gasteiger partial charge on any atom is -0.383 e. The van der Waals surface area contributed by atoms with Gasteiger partial charge in [-0.25, -0.2) is 0 Å². The van der Waals surface area contributed by atoms with Gasteiger partial charge in [0.05, 0.1) is 17.7 Å². The second-order valence-electron chi connectivity index (χ2n) is 4.66. The first-order valence-electron chi connectivity index (χ1n) is 6.53. The highest BCUT2D eigenvalue weighted by Gasteiger charge is 2.34. The fraction of sp³-hybridized carbons (Fsp3) is 0.357. The molecular formula is C14H18ClN3O4. The van der Waals surface area contributed by atoms with Crippen LogP contribution in [0.5, 0.6) is 0 Å². The Morgan fingerprint density at radius 3 is 2.32 bits per heavy atom. The van der Waals surface area contributed by atoms with Gasteiger partial charge in [0.1, 0.15) is 6.04 Å². The van der Waals surface area contributed by atoms with E-state index in [0.29, 0.717) is 11.1 Å². The molecule has 8 heteroatoms. The summed E-state index contributed by atoms with van der Waals surface area (Å²) in [5.41, 5.74) is 6.35. The zero-order chi connectivity index (χ0) is 15.4. The second-order valence-corrected chi connectivity index (χ2v) is 4.66. The van der Waals surface area contributed by atoms with Gasteiger partial charge in [0.2, 0.25) is 5.91 Å². The molecule has 0 aromatic heterocycles. The lowest BCUT2D eigenvalue weighted by atomic mass is 10.1. The molecule has 0 bridgehead atoms. The van der Waals surface area contributed by atoms with Gasteiger partial charge >= 0.3 is 0 Å². The number of carbonyl (C=O) groups excluding carboxylic acids is 3. The Morgan fingerprint density at radius 2 is 1.82 bits per heavy atom. The molecule has 3 amide bonds. The molecule has 2 rings (SSSR count). The first-order valence-corrected chi connectivity index (χ1v) is 6.53. The molecule has 0 aliphatic carbocycles. The number of nitrogens with zero attached hydrogens (tertiary/aromatic N) is 1. The minimum atomic E-state index is -0.767. The molecule has 120 valence electrons. The molecule has 1 aromatic carbocycles. The zero-order valence-corrected chi connectivity index (χ0v) is 12.9. The summed E-state index contributed by atoms with van der Waals surface area (Å²) < 4.78 is 4.78. The summed E-state index contributed by atoms with van der Waals surface area (Å²) in [5.74, 6) is -1.06. The summed E-state index contributed by atoms with van der Waals surface area (Å²) in [6.07, 6.45) is 0. The monoisotopic (exact) mass is 327 g/mol. The number of nitrogens with one attached hydrogen (secondary N) is 1. The first kappa shape index (κ1) is 18.1. The van der Waals surface area contributed by atoms with Gasteiger partial charge in [-0.3, -0.25) is 19.3 Å². The van der Waals surface area contributed by atoms with E-state index < -0.39 is 6.04 Å². The lowest BCUT2D eigenvalue weighted by Crippen LogP contribution is -2.46. The van der Waals surface area contributed by atoms with Crippen molar-refractivity contribution in [2.75, 3.05) is 26.8 Å². The molecule has 1 heterocycles. The summed E-state index contributed by atoms with van der Waals surface area (Å²) >= 11 is 0. The van der Waals surface area contributed by atoms with Gasteiger partial charge in [-0.2, -0.15) is 0 Å². The van der Waals surface area contributed by atoms with Crippen LogP contribution >= 0.6 is 12.4 Å². The van der Waals surface area contributed by atoms with Crippen molar-refractivity contribution in [2.24, 2.45) is 5.73 Å². The van der Waals surface area contributed by atoms with Crippen molar-refractivity contribution in [3.05, 3.63) is 35.4 Å². The van der Waals surface area contributed by atoms with Crippen molar-refractivity contribution in [1.29, 1.82) is 0 Å². The lowest BCUT2D eigenvalue weighted by Gasteiger charge is -2.15. The van der Waals surface area contributed by atoms with Gasteiger partial charge in [-0.15, -0.1) is 12.4 Å². The van der Waals surface area contributed by atoms with Crippen molar-refractivity contribution in [3.63, 3.8) is 0 Å². The van der Waals surface area contributed by atoms with Crippen LogP contribution < -0.4 is 11.1 Å². The van der Waals surface area contributed by atoms with E-state index in [9.17, 15) is 14.4 Å². The molecule has 0 spiro atoms. The maximum Gasteiger partial charge on any atom is 0.261 e. The van der Waals surface area contributed by atoms with Crippen molar-refractivity contribution in [3.8, 4) is 0 Å². The smallest absolute Gasteiger partial charge is 0.261 e. The number of imide groups is 1. The standard InChI is InChI=1S/C14H17N3O4.ClH/c1-21-8-11(15)12(18)16-6-7-17-13(19)9-4-2-3-5-10(9)14(17)20;/h2-5,11H,6-8,15H2,1H3,(H,16,18);1H. The topological polar surface area (TPSA) is 102 Å². The van der Waals surface area contributed by atoms with E-state index in [-0.39, 0.29) is 49.8 Å². The molecule has 1 aliphatic rings. The van der Waals surface area contributed by atoms with E-state index in [1.54, 1.807) is 24.3 Å². The van der Waals surface area contributed by atoms with Crippen LogP contribution in [-0.2, 0) is 9.53 Å². The second kappa shape index (κ2) is 7.88. The van der Waals surface area contributed by atoms with Gasteiger partial charge < -0.3 is 15.8 Å². The van der Waals surface area contributed by atoms with E-state index in [1.165, 1.54) is 7.11 Å². The Bertz CT molecular complexity index is 544. The highest BCUT2D eigenvalue weighted by atomic mass is 35.5. The Labute approximate surface area is 134 Å². The van der Waals surface area contributed by atoms with Crippen molar-refractivity contribution in [1.82, 2.24) is 10.2 Å². The number of fused-ring (bicyclic) bond motifs is 1. The Morgan fingerprint density at radius 1 is 1.27 bits per heavy atom. The average Bonchev–Trinajstić information content (AvgIpc) is 2.73. The normalized spacial score (nSPS) is 14.4. The van der Waals surface area contributed by atoms with Crippen molar-refractivity contribution < 1.29 is 19.1 Å². The van der Waals surface area contributed by atoms with Crippen LogP contribution in [0.15, 0.2) is 24.3 Å². The van der Waals surface area contributed by atoms with Gasteiger partial charge in [0.25, 0.3) is 11.8 Å². The molecule has 0 saturated carbocycles. The molecule has 1 aromatic rings. The highest BCUT2D eigenvalue weighted by Crippen LogP contribution is 2.21. The molecule has 0 fully saturated rings. The van der Waals surface area contributed by atoms with Crippen LogP contribution in [0.25, 0.3) is 0 Å². The summed E-state index contributed by atoms with van der Waals surface area (Å²) in [7, 11) is 1.45. The zero-order valence-electron chi connectivity index (χ0n) is 12.1. The van der Waals surface area contributed by atoms with Crippen LogP contribution in [0.4, 0.5) is 0 Å². The van der Waals surface area contributed by atoms with E-state index >= 15 is 0 Å². The maximum absolute atomic E-state index is 12.1. The number of halogens is 1. The Balaban J connectivity index is 0.00000242. The van der Waals surface area contributed by atoms with Crippen LogP contribution in [0, 0.1) is 0 Å². The number of nitrogens with two attached hydrogens (primary N) is 1. The lowest BCUT2D eigenvalue weighted by molar-refractivity contribution is -0.123. The van der Waals surface area contributed by atoms with Crippen LogP contribution in [-0.4, -0.2) is 55.5 Å². The number of amides is 3. The largest absolute Gasteiger partial charge is 0.383 e. The number of benzene rings is 1. The third-order valence-electron chi connectivity index (χ3n) is 3.20. The number of rotatable bonds is 6. The summed E-state index contributed by atoms with van der Waals surface area (Å²) in [5, 5.41) is 2.57. The third-order valence-corrected chi connectivity index (χ3v) is 3.20. The van der Waals surface area contributed by atoms with Crippen LogP contribution in [0.3, 0.4) is 0 Å². The van der Waals surface area contributed by atoms with Crippen LogP contribution in [0.1, 0.15) is 20.7 Å². The van der Waals surface area contributed by atoms with Crippen molar-refractivity contribution in [2.45, 2.75) is 6.04 Å². The number of hydrogen-bond donors (Lipinski definition) is 2. The highest BCUT2D eigenvalue weighted by molar-refractivity contribution is 6.21. The molecular weight excluding hydrogens is 310 g/mol. The number of carbonyl (C=O) groups is 3. The fourth-order valence-electron chi connectivity index (χ4n) is 2.12. The third kappa shape index (κ3) is 3.62. The molecule has 0 radical (unpaired) electrons. The van der Waals surface area contributed by atoms with Gasteiger partial charge in [0.15, 0.2) is 0 Å². The summed E-state index contributed by atoms with van der Waals surface area (Å²) in [6, 6.07) is 5.88. The SMILES string of the molecule is COCC(N)C(=O)NCCN1C(=O)c2ccccc2C1=O.Cl. The molecule has 0 saturated heterocycles. The first-order chi connectivity index (χ1) is 10.1. The fourth-order valence-corrected chi connectivity index (χ4v) is 2.12.